The Hall–Kier alpha value is -4.44. The van der Waals surface area contributed by atoms with Crippen molar-refractivity contribution in [1.29, 1.82) is 0 Å². The smallest absolute Gasteiger partial charge is 0.228 e. The van der Waals surface area contributed by atoms with E-state index < -0.39 is 0 Å². The number of hydrogen-bond acceptors (Lipinski definition) is 4. The van der Waals surface area contributed by atoms with E-state index >= 15 is 0 Å². The third-order valence-electron chi connectivity index (χ3n) is 13.1. The van der Waals surface area contributed by atoms with Crippen LogP contribution < -0.4 is 0 Å². The molecule has 0 unspecified atom stereocenters. The van der Waals surface area contributed by atoms with Crippen LogP contribution in [0.15, 0.2) is 151 Å². The Morgan fingerprint density at radius 2 is 0.529 bits per heavy atom. The van der Waals surface area contributed by atoms with Gasteiger partial charge in [0, 0.05) is 11.1 Å². The highest BCUT2D eigenvalue weighted by Gasteiger charge is 2.34. The molecule has 0 saturated heterocycles. The van der Waals surface area contributed by atoms with E-state index in [1.807, 2.05) is 0 Å². The van der Waals surface area contributed by atoms with Gasteiger partial charge < -0.3 is 9.47 Å². The van der Waals surface area contributed by atoms with Gasteiger partial charge in [-0.05, 0) is 225 Å². The van der Waals surface area contributed by atoms with Crippen LogP contribution in [0.1, 0.15) is 225 Å². The highest BCUT2D eigenvalue weighted by Crippen LogP contribution is 2.28. The molecule has 1 rings (SSSR count). The minimum atomic E-state index is -0.284. The maximum Gasteiger partial charge on any atom is 0.228 e. The number of carbonyl (C=O) groups is 2. The van der Waals surface area contributed by atoms with E-state index in [4.69, 9.17) is 9.47 Å². The molecular formula is C64H98O4. The van der Waals surface area contributed by atoms with Gasteiger partial charge in [0.05, 0.1) is 14.2 Å². The van der Waals surface area contributed by atoms with Gasteiger partial charge in [0.15, 0.2) is 0 Å². The molecule has 0 bridgehead atoms. The van der Waals surface area contributed by atoms with Crippen molar-refractivity contribution >= 4 is 11.6 Å². The van der Waals surface area contributed by atoms with Gasteiger partial charge in [0.25, 0.3) is 0 Å². The lowest BCUT2D eigenvalue weighted by Crippen LogP contribution is -2.24. The van der Waals surface area contributed by atoms with Crippen molar-refractivity contribution in [2.75, 3.05) is 14.2 Å². The Balaban J connectivity index is 2.29. The van der Waals surface area contributed by atoms with E-state index in [0.29, 0.717) is 17.6 Å². The first-order chi connectivity index (χ1) is 32.4. The summed E-state index contributed by atoms with van der Waals surface area (Å²) in [7, 11) is 2.78. The summed E-state index contributed by atoms with van der Waals surface area (Å²) in [5.41, 5.74) is 17.0. The number of ketones is 2. The number of rotatable bonds is 34. The number of allylic oxidation sites excluding steroid dienone is 24. The van der Waals surface area contributed by atoms with E-state index in [1.165, 1.54) is 94.8 Å². The highest BCUT2D eigenvalue weighted by atomic mass is 16.5. The van der Waals surface area contributed by atoms with E-state index in [0.717, 1.165) is 109 Å². The van der Waals surface area contributed by atoms with E-state index in [1.54, 1.807) is 6.92 Å². The normalized spacial score (nSPS) is 15.9. The van der Waals surface area contributed by atoms with Crippen LogP contribution in [-0.2, 0) is 19.1 Å². The SMILES string of the molecule is COC1=C(OC)C(=O)C(C/C=C(\C)CC/C=C(\C)CC/C=C(\C)CC/C=C(\C)CC/C=C(\C)CC/C=C(\C)CC/C=C(\C)CC/C=C(\C)CC/C=C(\C)CC/C=C(\C)CCC=C(C)C)=C(C)C1=O. The molecule has 0 aromatic carbocycles. The maximum atomic E-state index is 12.9. The largest absolute Gasteiger partial charge is 0.489 e. The van der Waals surface area contributed by atoms with Crippen LogP contribution in [0.5, 0.6) is 0 Å². The van der Waals surface area contributed by atoms with Gasteiger partial charge in [-0.3, -0.25) is 9.59 Å². The van der Waals surface area contributed by atoms with Crippen molar-refractivity contribution in [2.45, 2.75) is 225 Å². The fourth-order valence-electron chi connectivity index (χ4n) is 8.24. The first-order valence-electron chi connectivity index (χ1n) is 26.2. The molecule has 4 nitrogen and oxygen atoms in total. The molecule has 1 aliphatic rings. The lowest BCUT2D eigenvalue weighted by molar-refractivity contribution is -0.121. The zero-order valence-corrected chi connectivity index (χ0v) is 46.3. The third kappa shape index (κ3) is 28.8. The monoisotopic (exact) mass is 931 g/mol. The summed E-state index contributed by atoms with van der Waals surface area (Å²) in [6.45, 7) is 28.7. The van der Waals surface area contributed by atoms with Crippen LogP contribution in [0.4, 0.5) is 0 Å². The summed E-state index contributed by atoms with van der Waals surface area (Å²) in [5.74, 6) is -0.572. The molecule has 0 spiro atoms. The molecule has 0 radical (unpaired) electrons. The predicted octanol–water partition coefficient (Wildman–Crippen LogP) is 19.6. The van der Waals surface area contributed by atoms with Crippen molar-refractivity contribution in [2.24, 2.45) is 0 Å². The molecule has 0 aliphatic heterocycles. The van der Waals surface area contributed by atoms with Crippen LogP contribution in [0.2, 0.25) is 0 Å². The molecule has 378 valence electrons. The highest BCUT2D eigenvalue weighted by molar-refractivity contribution is 6.23. The standard InChI is InChI=1S/C64H98O4/c1-48(2)26-16-27-49(3)28-17-29-50(4)30-18-31-51(5)32-19-33-52(6)34-20-35-53(7)36-21-37-54(8)38-22-39-55(9)40-23-41-56(10)42-24-43-57(11)44-25-45-58(12)46-47-60-59(13)61(65)63(67-14)64(68-15)62(60)66/h26,28,30,32,34,36,38,40,42,44,46H,16-25,27,29,31,33,35,37,39,41,43,45,47H2,1-15H3/b49-28+,50-30+,51-32+,52-34+,53-36+,54-38+,55-40+,56-42+,57-44+,58-46+. The van der Waals surface area contributed by atoms with Gasteiger partial charge in [-0.25, -0.2) is 0 Å². The number of ether oxygens (including phenoxy) is 2. The van der Waals surface area contributed by atoms with Crippen molar-refractivity contribution < 1.29 is 19.1 Å². The Morgan fingerprint density at radius 1 is 0.324 bits per heavy atom. The Labute approximate surface area is 418 Å². The quantitative estimate of drug-likeness (QED) is 0.0477. The molecular weight excluding hydrogens is 833 g/mol. The third-order valence-corrected chi connectivity index (χ3v) is 13.1. The minimum Gasteiger partial charge on any atom is -0.489 e. The zero-order chi connectivity index (χ0) is 50.9. The van der Waals surface area contributed by atoms with E-state index in [-0.39, 0.29) is 23.1 Å². The fraction of sp³-hybridized carbons (Fsp3) is 0.562. The summed E-state index contributed by atoms with van der Waals surface area (Å²) < 4.78 is 10.4. The number of Topliss-reactive ketones (excluding diaryl/α,β-unsaturated/α-hetero) is 2. The van der Waals surface area contributed by atoms with Crippen molar-refractivity contribution in [3.05, 3.63) is 151 Å². The average Bonchev–Trinajstić information content (AvgIpc) is 3.27. The van der Waals surface area contributed by atoms with Gasteiger partial charge in [0.2, 0.25) is 23.1 Å². The summed E-state index contributed by atoms with van der Waals surface area (Å²) >= 11 is 0. The molecule has 0 N–H and O–H groups in total. The summed E-state index contributed by atoms with van der Waals surface area (Å²) in [4.78, 5) is 25.6. The maximum absolute atomic E-state index is 12.9. The molecule has 4 heteroatoms. The number of methoxy groups -OCH3 is 2. The summed E-state index contributed by atoms with van der Waals surface area (Å²) in [6.07, 6.45) is 49.1. The van der Waals surface area contributed by atoms with Crippen LogP contribution in [-0.4, -0.2) is 25.8 Å². The second kappa shape index (κ2) is 36.5. The molecule has 0 aromatic heterocycles. The van der Waals surface area contributed by atoms with E-state index in [9.17, 15) is 9.59 Å². The van der Waals surface area contributed by atoms with Crippen molar-refractivity contribution in [3.63, 3.8) is 0 Å². The molecule has 0 aromatic rings. The molecule has 0 saturated carbocycles. The Kier molecular flexibility index (Phi) is 33.1. The Morgan fingerprint density at radius 3 is 0.750 bits per heavy atom. The van der Waals surface area contributed by atoms with Crippen LogP contribution in [0, 0.1) is 0 Å². The molecule has 68 heavy (non-hydrogen) atoms. The zero-order valence-electron chi connectivity index (χ0n) is 46.3. The van der Waals surface area contributed by atoms with Crippen LogP contribution in [0.25, 0.3) is 0 Å². The summed E-state index contributed by atoms with van der Waals surface area (Å²) in [6, 6.07) is 0. The van der Waals surface area contributed by atoms with Gasteiger partial charge in [-0.2, -0.15) is 0 Å². The molecule has 0 amide bonds. The van der Waals surface area contributed by atoms with Crippen LogP contribution in [0.3, 0.4) is 0 Å². The molecule has 1 aliphatic carbocycles. The van der Waals surface area contributed by atoms with Gasteiger partial charge in [0.1, 0.15) is 0 Å². The lowest BCUT2D eigenvalue weighted by atomic mass is 9.90. The first-order valence-corrected chi connectivity index (χ1v) is 26.2. The Bertz CT molecular complexity index is 2010. The molecule has 0 heterocycles. The second-order valence-corrected chi connectivity index (χ2v) is 20.2. The van der Waals surface area contributed by atoms with Gasteiger partial charge in [-0.15, -0.1) is 0 Å². The van der Waals surface area contributed by atoms with Crippen molar-refractivity contribution in [3.8, 4) is 0 Å². The molecule has 0 atom stereocenters. The predicted molar refractivity (Wildman–Crippen MR) is 298 cm³/mol. The lowest BCUT2D eigenvalue weighted by Gasteiger charge is -2.19. The fourth-order valence-corrected chi connectivity index (χ4v) is 8.24. The van der Waals surface area contributed by atoms with Crippen LogP contribution >= 0.6 is 0 Å². The second-order valence-electron chi connectivity index (χ2n) is 20.2. The van der Waals surface area contributed by atoms with Crippen molar-refractivity contribution in [1.82, 2.24) is 0 Å². The summed E-state index contributed by atoms with van der Waals surface area (Å²) in [5, 5.41) is 0. The molecule has 0 fully saturated rings. The number of carbonyl (C=O) groups excluding carboxylic acids is 2. The topological polar surface area (TPSA) is 52.6 Å². The first kappa shape index (κ1) is 61.6. The van der Waals surface area contributed by atoms with Gasteiger partial charge in [-0.1, -0.05) is 128 Å². The average molecular weight is 931 g/mol. The number of hydrogen-bond donors (Lipinski definition) is 0. The van der Waals surface area contributed by atoms with E-state index in [2.05, 4.69) is 150 Å². The van der Waals surface area contributed by atoms with Gasteiger partial charge >= 0.3 is 0 Å². The minimum absolute atomic E-state index is 0.00678.